The summed E-state index contributed by atoms with van der Waals surface area (Å²) >= 11 is 8.01. The molecule has 0 spiro atoms. The maximum atomic E-state index is 11.2. The second-order valence-electron chi connectivity index (χ2n) is 3.68. The van der Waals surface area contributed by atoms with E-state index in [1.165, 1.54) is 9.75 Å². The molecule has 0 aliphatic rings. The van der Waals surface area contributed by atoms with E-state index in [9.17, 15) is 4.79 Å². The van der Waals surface area contributed by atoms with Crippen LogP contribution in [0.3, 0.4) is 0 Å². The van der Waals surface area contributed by atoms with Gasteiger partial charge in [-0.3, -0.25) is 4.79 Å². The lowest BCUT2D eigenvalue weighted by molar-refractivity contribution is -0.143. The van der Waals surface area contributed by atoms with Gasteiger partial charge in [0.05, 0.1) is 12.0 Å². The van der Waals surface area contributed by atoms with Crippen molar-refractivity contribution in [3.8, 4) is 0 Å². The molecule has 1 aromatic heterocycles. The summed E-state index contributed by atoms with van der Waals surface area (Å²) in [6.45, 7) is 6.37. The molecule has 1 heterocycles. The van der Waals surface area contributed by atoms with E-state index in [0.29, 0.717) is 19.4 Å². The third kappa shape index (κ3) is 3.80. The maximum absolute atomic E-state index is 11.2. The zero-order valence-corrected chi connectivity index (χ0v) is 11.5. The Morgan fingerprint density at radius 2 is 2.25 bits per heavy atom. The average molecular weight is 261 g/mol. The molecule has 2 nitrogen and oxygen atoms in total. The predicted octanol–water partition coefficient (Wildman–Crippen LogP) is 3.99. The van der Waals surface area contributed by atoms with Crippen LogP contribution in [0.15, 0.2) is 6.07 Å². The van der Waals surface area contributed by atoms with Crippen molar-refractivity contribution in [1.82, 2.24) is 0 Å². The Morgan fingerprint density at radius 3 is 2.75 bits per heavy atom. The molecular weight excluding hydrogens is 244 g/mol. The van der Waals surface area contributed by atoms with E-state index < -0.39 is 0 Å². The van der Waals surface area contributed by atoms with Crippen LogP contribution in [-0.2, 0) is 9.53 Å². The molecule has 90 valence electrons. The molecule has 0 amide bonds. The van der Waals surface area contributed by atoms with Gasteiger partial charge in [0.15, 0.2) is 0 Å². The van der Waals surface area contributed by atoms with Crippen LogP contribution in [0.25, 0.3) is 0 Å². The Labute approximate surface area is 106 Å². The van der Waals surface area contributed by atoms with Crippen molar-refractivity contribution in [2.24, 2.45) is 0 Å². The predicted molar refractivity (Wildman–Crippen MR) is 68.3 cm³/mol. The normalized spacial score (nSPS) is 12.5. The molecule has 1 atom stereocenters. The number of hydrogen-bond acceptors (Lipinski definition) is 3. The van der Waals surface area contributed by atoms with Crippen LogP contribution < -0.4 is 0 Å². The van der Waals surface area contributed by atoms with Gasteiger partial charge in [-0.05, 0) is 38.8 Å². The maximum Gasteiger partial charge on any atom is 0.305 e. The minimum atomic E-state index is -0.169. The first kappa shape index (κ1) is 13.5. The second kappa shape index (κ2) is 6.26. The zero-order valence-electron chi connectivity index (χ0n) is 9.88. The van der Waals surface area contributed by atoms with Crippen molar-refractivity contribution < 1.29 is 9.53 Å². The third-order valence-corrected chi connectivity index (χ3v) is 3.76. The summed E-state index contributed by atoms with van der Waals surface area (Å²) in [6.07, 6.45) is 1.02. The van der Waals surface area contributed by atoms with Crippen LogP contribution in [0.1, 0.15) is 40.5 Å². The van der Waals surface area contributed by atoms with Gasteiger partial charge in [0.1, 0.15) is 0 Å². The van der Waals surface area contributed by atoms with E-state index in [2.05, 4.69) is 19.9 Å². The molecule has 0 radical (unpaired) electrons. The topological polar surface area (TPSA) is 26.3 Å². The lowest BCUT2D eigenvalue weighted by atomic mass is 10.1. The van der Waals surface area contributed by atoms with E-state index >= 15 is 0 Å². The van der Waals surface area contributed by atoms with E-state index in [-0.39, 0.29) is 11.3 Å². The molecule has 4 heteroatoms. The van der Waals surface area contributed by atoms with Crippen molar-refractivity contribution in [3.63, 3.8) is 0 Å². The largest absolute Gasteiger partial charge is 0.466 e. The molecule has 0 saturated heterocycles. The average Bonchev–Trinajstić information content (AvgIpc) is 2.55. The second-order valence-corrected chi connectivity index (χ2v) is 5.67. The minimum Gasteiger partial charge on any atom is -0.466 e. The van der Waals surface area contributed by atoms with E-state index in [1.54, 1.807) is 11.3 Å². The molecule has 0 aliphatic heterocycles. The van der Waals surface area contributed by atoms with Crippen LogP contribution in [0.2, 0.25) is 0 Å². The Balaban J connectivity index is 2.49. The van der Waals surface area contributed by atoms with Gasteiger partial charge in [0.25, 0.3) is 0 Å². The van der Waals surface area contributed by atoms with Crippen molar-refractivity contribution in [1.29, 1.82) is 0 Å². The molecule has 0 bridgehead atoms. The number of carbonyl (C=O) groups is 1. The zero-order chi connectivity index (χ0) is 12.1. The Hall–Kier alpha value is -0.540. The molecule has 0 fully saturated rings. The first-order valence-corrected chi connectivity index (χ1v) is 6.66. The van der Waals surface area contributed by atoms with Crippen molar-refractivity contribution >= 4 is 28.9 Å². The van der Waals surface area contributed by atoms with Gasteiger partial charge in [-0.2, -0.15) is 0 Å². The third-order valence-electron chi connectivity index (χ3n) is 2.32. The van der Waals surface area contributed by atoms with Gasteiger partial charge >= 0.3 is 5.97 Å². The van der Waals surface area contributed by atoms with Gasteiger partial charge in [-0.1, -0.05) is 0 Å². The van der Waals surface area contributed by atoms with Crippen LogP contribution in [-0.4, -0.2) is 12.6 Å². The SMILES string of the molecule is CCOC(=O)CCC(Cl)c1cc(C)sc1C. The lowest BCUT2D eigenvalue weighted by Crippen LogP contribution is -2.05. The smallest absolute Gasteiger partial charge is 0.305 e. The van der Waals surface area contributed by atoms with Crippen LogP contribution in [0.5, 0.6) is 0 Å². The van der Waals surface area contributed by atoms with Crippen molar-refractivity contribution in [3.05, 3.63) is 21.4 Å². The summed E-state index contributed by atoms with van der Waals surface area (Å²) in [5, 5.41) is -0.0886. The van der Waals surface area contributed by atoms with Gasteiger partial charge in [-0.25, -0.2) is 0 Å². The highest BCUT2D eigenvalue weighted by Gasteiger charge is 2.15. The fourth-order valence-corrected chi connectivity index (χ4v) is 2.98. The van der Waals surface area contributed by atoms with Gasteiger partial charge < -0.3 is 4.74 Å². The standard InChI is InChI=1S/C12H17ClO2S/c1-4-15-12(14)6-5-11(13)10-7-8(2)16-9(10)3/h7,11H,4-6H2,1-3H3. The molecule has 1 unspecified atom stereocenters. The summed E-state index contributed by atoms with van der Waals surface area (Å²) < 4.78 is 4.87. The van der Waals surface area contributed by atoms with Gasteiger partial charge in [0, 0.05) is 16.2 Å². The van der Waals surface area contributed by atoms with Crippen LogP contribution in [0, 0.1) is 13.8 Å². The van der Waals surface area contributed by atoms with E-state index in [0.717, 1.165) is 5.56 Å². The summed E-state index contributed by atoms with van der Waals surface area (Å²) in [6, 6.07) is 2.10. The van der Waals surface area contributed by atoms with Crippen LogP contribution in [0.4, 0.5) is 0 Å². The first-order chi connectivity index (χ1) is 7.54. The number of rotatable bonds is 5. The molecule has 0 saturated carbocycles. The molecule has 0 aromatic carbocycles. The molecule has 16 heavy (non-hydrogen) atoms. The lowest BCUT2D eigenvalue weighted by Gasteiger charge is -2.08. The van der Waals surface area contributed by atoms with Crippen molar-refractivity contribution in [2.45, 2.75) is 39.0 Å². The molecule has 1 rings (SSSR count). The first-order valence-electron chi connectivity index (χ1n) is 5.41. The molecular formula is C12H17ClO2S. The summed E-state index contributed by atoms with van der Waals surface area (Å²) in [4.78, 5) is 13.7. The number of hydrogen-bond donors (Lipinski definition) is 0. The number of thiophene rings is 1. The fourth-order valence-electron chi connectivity index (χ4n) is 1.59. The number of aryl methyl sites for hydroxylation is 2. The number of carbonyl (C=O) groups excluding carboxylic acids is 1. The Bertz CT molecular complexity index is 360. The monoisotopic (exact) mass is 260 g/mol. The highest BCUT2D eigenvalue weighted by Crippen LogP contribution is 2.33. The highest BCUT2D eigenvalue weighted by molar-refractivity contribution is 7.12. The quantitative estimate of drug-likeness (QED) is 0.591. The van der Waals surface area contributed by atoms with Crippen molar-refractivity contribution in [2.75, 3.05) is 6.61 Å². The van der Waals surface area contributed by atoms with E-state index in [4.69, 9.17) is 16.3 Å². The Kier molecular flexibility index (Phi) is 5.29. The van der Waals surface area contributed by atoms with Crippen LogP contribution >= 0.6 is 22.9 Å². The molecule has 0 N–H and O–H groups in total. The molecule has 0 aliphatic carbocycles. The van der Waals surface area contributed by atoms with Gasteiger partial charge in [-0.15, -0.1) is 22.9 Å². The summed E-state index contributed by atoms with van der Waals surface area (Å²) in [5.41, 5.74) is 1.15. The number of ether oxygens (including phenoxy) is 1. The molecule has 1 aromatic rings. The van der Waals surface area contributed by atoms with Gasteiger partial charge in [0.2, 0.25) is 0 Å². The number of alkyl halides is 1. The number of esters is 1. The highest BCUT2D eigenvalue weighted by atomic mass is 35.5. The van der Waals surface area contributed by atoms with E-state index in [1.807, 2.05) is 6.92 Å². The summed E-state index contributed by atoms with van der Waals surface area (Å²) in [7, 11) is 0. The number of halogens is 1. The Morgan fingerprint density at radius 1 is 1.56 bits per heavy atom. The minimum absolute atomic E-state index is 0.0886. The fraction of sp³-hybridized carbons (Fsp3) is 0.583. The summed E-state index contributed by atoms with van der Waals surface area (Å²) in [5.74, 6) is -0.169.